The molecular formula is C21H26N2O4S2. The number of rotatable bonds is 7. The Bertz CT molecular complexity index is 962. The summed E-state index contributed by atoms with van der Waals surface area (Å²) in [5.41, 5.74) is 2.50. The molecule has 1 amide bonds. The number of amides is 1. The molecule has 1 heterocycles. The van der Waals surface area contributed by atoms with Crippen molar-refractivity contribution in [3.05, 3.63) is 59.7 Å². The number of hydrogen-bond acceptors (Lipinski definition) is 5. The maximum Gasteiger partial charge on any atom is 0.242 e. The third-order valence-electron chi connectivity index (χ3n) is 4.93. The summed E-state index contributed by atoms with van der Waals surface area (Å²) in [6, 6.07) is 14.4. The van der Waals surface area contributed by atoms with Crippen LogP contribution in [0.3, 0.4) is 0 Å². The molecule has 6 nitrogen and oxygen atoms in total. The van der Waals surface area contributed by atoms with Crippen LogP contribution < -0.4 is 4.90 Å². The van der Waals surface area contributed by atoms with Gasteiger partial charge >= 0.3 is 0 Å². The standard InChI is InChI=1S/C21H26N2O4S2/c1-22(2)29(26,27)18-10-11-19-17(13-18)9-6-12-23(19)21(25)15-28-14-20(24)16-7-4-3-5-8-16/h3-5,7-8,10-11,13,20,24H,6,9,12,14-15H2,1-2H3. The third kappa shape index (κ3) is 5.01. The summed E-state index contributed by atoms with van der Waals surface area (Å²) < 4.78 is 25.9. The average molecular weight is 435 g/mol. The molecule has 1 aliphatic heterocycles. The maximum atomic E-state index is 12.8. The molecule has 3 rings (SSSR count). The number of hydrogen-bond donors (Lipinski definition) is 1. The van der Waals surface area contributed by atoms with Crippen molar-refractivity contribution in [2.75, 3.05) is 37.0 Å². The summed E-state index contributed by atoms with van der Waals surface area (Å²) >= 11 is 1.40. The number of aliphatic hydroxyl groups excluding tert-OH is 1. The molecule has 8 heteroatoms. The molecule has 1 aliphatic rings. The normalized spacial score (nSPS) is 15.2. The molecule has 2 aromatic rings. The number of sulfonamides is 1. The van der Waals surface area contributed by atoms with Gasteiger partial charge in [-0.3, -0.25) is 4.79 Å². The molecule has 0 bridgehead atoms. The van der Waals surface area contributed by atoms with Gasteiger partial charge in [0.15, 0.2) is 0 Å². The zero-order valence-electron chi connectivity index (χ0n) is 16.6. The van der Waals surface area contributed by atoms with Gasteiger partial charge in [0.2, 0.25) is 15.9 Å². The van der Waals surface area contributed by atoms with Gasteiger partial charge < -0.3 is 10.0 Å². The van der Waals surface area contributed by atoms with Gasteiger partial charge in [0, 0.05) is 32.1 Å². The minimum absolute atomic E-state index is 0.0283. The van der Waals surface area contributed by atoms with Crippen LogP contribution in [0.15, 0.2) is 53.4 Å². The number of benzene rings is 2. The van der Waals surface area contributed by atoms with Crippen LogP contribution in [0.1, 0.15) is 23.7 Å². The molecule has 0 fully saturated rings. The van der Waals surface area contributed by atoms with Gasteiger partial charge in [0.05, 0.1) is 16.8 Å². The van der Waals surface area contributed by atoms with Gasteiger partial charge in [0.25, 0.3) is 0 Å². The van der Waals surface area contributed by atoms with E-state index in [2.05, 4.69) is 0 Å². The highest BCUT2D eigenvalue weighted by Gasteiger charge is 2.25. The second-order valence-electron chi connectivity index (χ2n) is 7.17. The summed E-state index contributed by atoms with van der Waals surface area (Å²) in [5, 5.41) is 10.2. The number of anilines is 1. The summed E-state index contributed by atoms with van der Waals surface area (Å²) in [7, 11) is -0.489. The van der Waals surface area contributed by atoms with Crippen LogP contribution in [0.25, 0.3) is 0 Å². The Morgan fingerprint density at radius 2 is 1.93 bits per heavy atom. The van der Waals surface area contributed by atoms with Crippen LogP contribution in [0, 0.1) is 0 Å². The number of nitrogens with zero attached hydrogens (tertiary/aromatic N) is 2. The van der Waals surface area contributed by atoms with Gasteiger partial charge in [-0.05, 0) is 42.2 Å². The molecule has 0 saturated carbocycles. The van der Waals surface area contributed by atoms with Crippen molar-refractivity contribution < 1.29 is 18.3 Å². The van der Waals surface area contributed by atoms with Crippen molar-refractivity contribution in [3.8, 4) is 0 Å². The number of fused-ring (bicyclic) bond motifs is 1. The van der Waals surface area contributed by atoms with E-state index < -0.39 is 16.1 Å². The summed E-state index contributed by atoms with van der Waals surface area (Å²) in [6.07, 6.45) is 0.929. The number of aliphatic hydroxyl groups is 1. The lowest BCUT2D eigenvalue weighted by molar-refractivity contribution is -0.116. The fourth-order valence-corrected chi connectivity index (χ4v) is 5.13. The predicted molar refractivity (Wildman–Crippen MR) is 117 cm³/mol. The molecule has 0 aromatic heterocycles. The highest BCUT2D eigenvalue weighted by molar-refractivity contribution is 8.00. The van der Waals surface area contributed by atoms with E-state index in [-0.39, 0.29) is 16.6 Å². The first-order valence-electron chi connectivity index (χ1n) is 9.47. The molecule has 0 spiro atoms. The first kappa shape index (κ1) is 21.8. The minimum atomic E-state index is -3.50. The van der Waals surface area contributed by atoms with Crippen molar-refractivity contribution >= 4 is 33.4 Å². The Hall–Kier alpha value is -1.87. The van der Waals surface area contributed by atoms with Crippen molar-refractivity contribution in [2.24, 2.45) is 0 Å². The Balaban J connectivity index is 1.66. The van der Waals surface area contributed by atoms with E-state index in [1.165, 1.54) is 30.2 Å². The highest BCUT2D eigenvalue weighted by atomic mass is 32.2. The Labute approximate surface area is 176 Å². The van der Waals surface area contributed by atoms with Crippen LogP contribution in [0.2, 0.25) is 0 Å². The number of thioether (sulfide) groups is 1. The Morgan fingerprint density at radius 3 is 2.62 bits per heavy atom. The molecule has 156 valence electrons. The van der Waals surface area contributed by atoms with E-state index in [4.69, 9.17) is 0 Å². The van der Waals surface area contributed by atoms with Gasteiger partial charge in [0.1, 0.15) is 0 Å². The van der Waals surface area contributed by atoms with Crippen molar-refractivity contribution in [1.82, 2.24) is 4.31 Å². The predicted octanol–water partition coefficient (Wildman–Crippen LogP) is 2.68. The van der Waals surface area contributed by atoms with Crippen molar-refractivity contribution in [3.63, 3.8) is 0 Å². The highest BCUT2D eigenvalue weighted by Crippen LogP contribution is 2.31. The largest absolute Gasteiger partial charge is 0.388 e. The summed E-state index contributed by atoms with van der Waals surface area (Å²) in [6.45, 7) is 0.618. The van der Waals surface area contributed by atoms with Gasteiger partial charge in [-0.2, -0.15) is 0 Å². The summed E-state index contributed by atoms with van der Waals surface area (Å²) in [5.74, 6) is 0.678. The lowest BCUT2D eigenvalue weighted by Gasteiger charge is -2.30. The first-order chi connectivity index (χ1) is 13.8. The van der Waals surface area contributed by atoms with Crippen LogP contribution in [-0.2, 0) is 21.2 Å². The van der Waals surface area contributed by atoms with E-state index in [9.17, 15) is 18.3 Å². The van der Waals surface area contributed by atoms with Crippen LogP contribution in [0.5, 0.6) is 0 Å². The number of carbonyl (C=O) groups is 1. The molecule has 29 heavy (non-hydrogen) atoms. The lowest BCUT2D eigenvalue weighted by Crippen LogP contribution is -2.37. The van der Waals surface area contributed by atoms with Crippen LogP contribution >= 0.6 is 11.8 Å². The Morgan fingerprint density at radius 1 is 1.21 bits per heavy atom. The topological polar surface area (TPSA) is 77.9 Å². The molecule has 0 saturated heterocycles. The second kappa shape index (κ2) is 9.30. The van der Waals surface area contributed by atoms with E-state index in [0.29, 0.717) is 12.3 Å². The zero-order chi connectivity index (χ0) is 21.0. The van der Waals surface area contributed by atoms with E-state index in [1.807, 2.05) is 30.3 Å². The lowest BCUT2D eigenvalue weighted by atomic mass is 10.0. The number of carbonyl (C=O) groups excluding carboxylic acids is 1. The fourth-order valence-electron chi connectivity index (χ4n) is 3.31. The van der Waals surface area contributed by atoms with E-state index in [0.717, 1.165) is 29.7 Å². The quantitative estimate of drug-likeness (QED) is 0.725. The van der Waals surface area contributed by atoms with Crippen LogP contribution in [0.4, 0.5) is 5.69 Å². The molecule has 1 unspecified atom stereocenters. The molecule has 2 aromatic carbocycles. The van der Waals surface area contributed by atoms with E-state index >= 15 is 0 Å². The number of aryl methyl sites for hydroxylation is 1. The molecule has 1 atom stereocenters. The van der Waals surface area contributed by atoms with Crippen LogP contribution in [-0.4, -0.2) is 55.9 Å². The molecule has 0 aliphatic carbocycles. The SMILES string of the molecule is CN(C)S(=O)(=O)c1ccc2c(c1)CCCN2C(=O)CSCC(O)c1ccccc1. The third-order valence-corrected chi connectivity index (χ3v) is 7.75. The molecule has 0 radical (unpaired) electrons. The van der Waals surface area contributed by atoms with Gasteiger partial charge in [-0.15, -0.1) is 11.8 Å². The Kier molecular flexibility index (Phi) is 7.00. The minimum Gasteiger partial charge on any atom is -0.388 e. The van der Waals surface area contributed by atoms with Crippen molar-refractivity contribution in [1.29, 1.82) is 0 Å². The summed E-state index contributed by atoms with van der Waals surface area (Å²) in [4.78, 5) is 14.7. The van der Waals surface area contributed by atoms with Crippen molar-refractivity contribution in [2.45, 2.75) is 23.8 Å². The monoisotopic (exact) mass is 434 g/mol. The maximum absolute atomic E-state index is 12.8. The van der Waals surface area contributed by atoms with Gasteiger partial charge in [-0.1, -0.05) is 30.3 Å². The van der Waals surface area contributed by atoms with Gasteiger partial charge in [-0.25, -0.2) is 12.7 Å². The zero-order valence-corrected chi connectivity index (χ0v) is 18.2. The average Bonchev–Trinajstić information content (AvgIpc) is 2.73. The first-order valence-corrected chi connectivity index (χ1v) is 12.1. The molecule has 1 N–H and O–H groups in total. The smallest absolute Gasteiger partial charge is 0.242 e. The fraction of sp³-hybridized carbons (Fsp3) is 0.381. The molecular weight excluding hydrogens is 408 g/mol. The van der Waals surface area contributed by atoms with E-state index in [1.54, 1.807) is 23.1 Å². The second-order valence-corrected chi connectivity index (χ2v) is 10.4.